The molecule has 0 fully saturated rings. The number of carbonyl (C=O) groups excluding carboxylic acids is 2. The second kappa shape index (κ2) is 8.46. The van der Waals surface area contributed by atoms with E-state index in [-0.39, 0.29) is 6.61 Å². The van der Waals surface area contributed by atoms with E-state index in [1.165, 1.54) is 17.4 Å². The number of para-hydroxylation sites is 1. The van der Waals surface area contributed by atoms with Gasteiger partial charge >= 0.3 is 5.97 Å². The summed E-state index contributed by atoms with van der Waals surface area (Å²) in [6.07, 6.45) is 2.86. The Labute approximate surface area is 161 Å². The van der Waals surface area contributed by atoms with E-state index in [0.29, 0.717) is 10.7 Å². The van der Waals surface area contributed by atoms with Gasteiger partial charge in [0.15, 0.2) is 6.61 Å². The molecule has 0 saturated carbocycles. The van der Waals surface area contributed by atoms with E-state index >= 15 is 0 Å². The van der Waals surface area contributed by atoms with E-state index in [9.17, 15) is 9.59 Å². The minimum absolute atomic E-state index is 0.349. The highest BCUT2D eigenvalue weighted by molar-refractivity contribution is 7.19. The van der Waals surface area contributed by atoms with Crippen LogP contribution in [-0.4, -0.2) is 37.6 Å². The van der Waals surface area contributed by atoms with Crippen molar-refractivity contribution in [3.8, 4) is 0 Å². The third-order valence-electron chi connectivity index (χ3n) is 3.69. The molecule has 0 aliphatic rings. The van der Waals surface area contributed by atoms with Crippen LogP contribution in [0.1, 0.15) is 5.01 Å². The number of benzene rings is 2. The van der Waals surface area contributed by atoms with Crippen LogP contribution < -0.4 is 10.2 Å². The summed E-state index contributed by atoms with van der Waals surface area (Å²) in [6.45, 7) is -0.349. The number of nitrogens with zero attached hydrogens (tertiary/aromatic N) is 2. The Bertz CT molecular complexity index is 945. The molecule has 3 rings (SSSR count). The van der Waals surface area contributed by atoms with Gasteiger partial charge in [-0.1, -0.05) is 12.1 Å². The summed E-state index contributed by atoms with van der Waals surface area (Å²) in [6, 6.07) is 15.1. The lowest BCUT2D eigenvalue weighted by atomic mass is 10.2. The highest BCUT2D eigenvalue weighted by Crippen LogP contribution is 2.22. The van der Waals surface area contributed by atoms with Crippen molar-refractivity contribution in [1.29, 1.82) is 0 Å². The topological polar surface area (TPSA) is 71.5 Å². The SMILES string of the molecule is CN(C)c1ccc(NC(=O)COC(=O)/C=C/c2nc3ccccc3s2)cc1. The first-order chi connectivity index (χ1) is 13.0. The van der Waals surface area contributed by atoms with Crippen LogP contribution in [0.3, 0.4) is 0 Å². The summed E-state index contributed by atoms with van der Waals surface area (Å²) >= 11 is 1.48. The number of thiazole rings is 1. The number of carbonyl (C=O) groups is 2. The smallest absolute Gasteiger partial charge is 0.331 e. The first kappa shape index (κ1) is 18.6. The second-order valence-corrected chi connectivity index (χ2v) is 7.01. The molecule has 1 amide bonds. The van der Waals surface area contributed by atoms with E-state index < -0.39 is 11.9 Å². The number of hydrogen-bond donors (Lipinski definition) is 1. The van der Waals surface area contributed by atoms with Crippen LogP contribution in [0.2, 0.25) is 0 Å². The average molecular weight is 381 g/mol. The van der Waals surface area contributed by atoms with Crippen molar-refractivity contribution < 1.29 is 14.3 Å². The molecule has 1 heterocycles. The maximum atomic E-state index is 11.9. The maximum absolute atomic E-state index is 11.9. The molecule has 0 aliphatic carbocycles. The van der Waals surface area contributed by atoms with Crippen LogP contribution in [0.5, 0.6) is 0 Å². The molecule has 7 heteroatoms. The number of amides is 1. The molecular formula is C20H19N3O3S. The van der Waals surface area contributed by atoms with Gasteiger partial charge in [-0.2, -0.15) is 0 Å². The Hall–Kier alpha value is -3.19. The molecule has 0 atom stereocenters. The van der Waals surface area contributed by atoms with Gasteiger partial charge in [0.25, 0.3) is 5.91 Å². The van der Waals surface area contributed by atoms with Crippen molar-refractivity contribution in [3.63, 3.8) is 0 Å². The standard InChI is InChI=1S/C20H19N3O3S/c1-23(2)15-9-7-14(8-10-15)21-18(24)13-26-20(25)12-11-19-22-16-5-3-4-6-17(16)27-19/h3-12H,13H2,1-2H3,(H,21,24)/b12-11+. The van der Waals surface area contributed by atoms with Crippen LogP contribution in [0.25, 0.3) is 16.3 Å². The molecule has 0 saturated heterocycles. The molecule has 138 valence electrons. The molecule has 2 aromatic carbocycles. The minimum atomic E-state index is -0.590. The molecule has 0 bridgehead atoms. The zero-order chi connectivity index (χ0) is 19.2. The normalized spacial score (nSPS) is 10.9. The zero-order valence-corrected chi connectivity index (χ0v) is 15.8. The minimum Gasteiger partial charge on any atom is -0.452 e. The Morgan fingerprint density at radius 1 is 1.15 bits per heavy atom. The fraction of sp³-hybridized carbons (Fsp3) is 0.150. The number of anilines is 2. The maximum Gasteiger partial charge on any atom is 0.331 e. The van der Waals surface area contributed by atoms with E-state index in [2.05, 4.69) is 10.3 Å². The Morgan fingerprint density at radius 3 is 2.59 bits per heavy atom. The van der Waals surface area contributed by atoms with Gasteiger partial charge in [-0.15, -0.1) is 11.3 Å². The molecule has 0 spiro atoms. The van der Waals surface area contributed by atoms with Gasteiger partial charge in [0.05, 0.1) is 10.2 Å². The zero-order valence-electron chi connectivity index (χ0n) is 15.0. The van der Waals surface area contributed by atoms with Crippen LogP contribution >= 0.6 is 11.3 Å². The molecule has 1 N–H and O–H groups in total. The van der Waals surface area contributed by atoms with Crippen molar-refractivity contribution >= 4 is 50.9 Å². The predicted molar refractivity (Wildman–Crippen MR) is 109 cm³/mol. The summed E-state index contributed by atoms with van der Waals surface area (Å²) in [5, 5.41) is 3.39. The van der Waals surface area contributed by atoms with E-state index in [1.807, 2.05) is 55.4 Å². The quantitative estimate of drug-likeness (QED) is 0.522. The third-order valence-corrected chi connectivity index (χ3v) is 4.69. The van der Waals surface area contributed by atoms with Gasteiger partial charge in [0.2, 0.25) is 0 Å². The molecule has 27 heavy (non-hydrogen) atoms. The number of hydrogen-bond acceptors (Lipinski definition) is 6. The highest BCUT2D eigenvalue weighted by atomic mass is 32.1. The molecule has 0 radical (unpaired) electrons. The lowest BCUT2D eigenvalue weighted by Gasteiger charge is -2.13. The van der Waals surface area contributed by atoms with Gasteiger partial charge < -0.3 is 15.0 Å². The number of ether oxygens (including phenoxy) is 1. The Balaban J connectivity index is 1.48. The monoisotopic (exact) mass is 381 g/mol. The second-order valence-electron chi connectivity index (χ2n) is 5.95. The van der Waals surface area contributed by atoms with Crippen molar-refractivity contribution in [2.45, 2.75) is 0 Å². The van der Waals surface area contributed by atoms with Gasteiger partial charge in [-0.3, -0.25) is 4.79 Å². The van der Waals surface area contributed by atoms with E-state index in [1.54, 1.807) is 18.2 Å². The third kappa shape index (κ3) is 5.15. The van der Waals surface area contributed by atoms with Crippen LogP contribution in [0.4, 0.5) is 11.4 Å². The Kier molecular flexibility index (Phi) is 5.83. The fourth-order valence-electron chi connectivity index (χ4n) is 2.33. The highest BCUT2D eigenvalue weighted by Gasteiger charge is 2.07. The number of rotatable bonds is 6. The summed E-state index contributed by atoms with van der Waals surface area (Å²) < 4.78 is 6.01. The van der Waals surface area contributed by atoms with Crippen molar-refractivity contribution in [1.82, 2.24) is 4.98 Å². The van der Waals surface area contributed by atoms with Crippen LogP contribution in [-0.2, 0) is 14.3 Å². The van der Waals surface area contributed by atoms with Gasteiger partial charge in [0.1, 0.15) is 5.01 Å². The van der Waals surface area contributed by atoms with Gasteiger partial charge in [0, 0.05) is 31.5 Å². The lowest BCUT2D eigenvalue weighted by Crippen LogP contribution is -2.20. The van der Waals surface area contributed by atoms with Crippen molar-refractivity contribution in [2.75, 3.05) is 30.9 Å². The van der Waals surface area contributed by atoms with E-state index in [0.717, 1.165) is 15.9 Å². The molecule has 6 nitrogen and oxygen atoms in total. The largest absolute Gasteiger partial charge is 0.452 e. The Morgan fingerprint density at radius 2 is 1.89 bits per heavy atom. The fourth-order valence-corrected chi connectivity index (χ4v) is 3.20. The van der Waals surface area contributed by atoms with Crippen LogP contribution in [0, 0.1) is 0 Å². The molecule has 1 aromatic heterocycles. The summed E-state index contributed by atoms with van der Waals surface area (Å²) in [5.74, 6) is -0.985. The number of fused-ring (bicyclic) bond motifs is 1. The van der Waals surface area contributed by atoms with E-state index in [4.69, 9.17) is 4.74 Å². The molecule has 3 aromatic rings. The summed E-state index contributed by atoms with van der Waals surface area (Å²) in [7, 11) is 3.88. The lowest BCUT2D eigenvalue weighted by molar-refractivity contribution is -0.142. The average Bonchev–Trinajstić information content (AvgIpc) is 3.08. The first-order valence-electron chi connectivity index (χ1n) is 8.29. The summed E-state index contributed by atoms with van der Waals surface area (Å²) in [4.78, 5) is 30.0. The van der Waals surface area contributed by atoms with Gasteiger partial charge in [-0.25, -0.2) is 9.78 Å². The summed E-state index contributed by atoms with van der Waals surface area (Å²) in [5.41, 5.74) is 2.56. The van der Waals surface area contributed by atoms with Gasteiger partial charge in [-0.05, 0) is 42.5 Å². The number of aromatic nitrogens is 1. The first-order valence-corrected chi connectivity index (χ1v) is 9.10. The molecule has 0 unspecified atom stereocenters. The van der Waals surface area contributed by atoms with Crippen LogP contribution in [0.15, 0.2) is 54.6 Å². The number of esters is 1. The predicted octanol–water partition coefficient (Wildman–Crippen LogP) is 3.56. The van der Waals surface area contributed by atoms with Crippen molar-refractivity contribution in [3.05, 3.63) is 59.6 Å². The molecular weight excluding hydrogens is 362 g/mol. The number of nitrogens with one attached hydrogen (secondary N) is 1. The molecule has 0 aliphatic heterocycles. The van der Waals surface area contributed by atoms with Crippen molar-refractivity contribution in [2.24, 2.45) is 0 Å².